The van der Waals surface area contributed by atoms with Crippen LogP contribution in [0.2, 0.25) is 0 Å². The van der Waals surface area contributed by atoms with E-state index in [1.165, 1.54) is 12.1 Å². The van der Waals surface area contributed by atoms with Crippen LogP contribution in [-0.4, -0.2) is 32.8 Å². The first-order valence-electron chi connectivity index (χ1n) is 7.08. The molecule has 118 valence electrons. The van der Waals surface area contributed by atoms with E-state index in [0.717, 1.165) is 5.56 Å². The highest BCUT2D eigenvalue weighted by atomic mass is 19.1. The zero-order valence-electron chi connectivity index (χ0n) is 13.5. The number of guanidine groups is 1. The Kier molecular flexibility index (Phi) is 6.62. The average molecular weight is 295 g/mol. The molecule has 1 atom stereocenters. The molecule has 21 heavy (non-hydrogen) atoms. The summed E-state index contributed by atoms with van der Waals surface area (Å²) in [5.74, 6) is 0.440. The van der Waals surface area contributed by atoms with E-state index in [1.54, 1.807) is 20.2 Å². The smallest absolute Gasteiger partial charge is 0.191 e. The largest absolute Gasteiger partial charge is 0.379 e. The van der Waals surface area contributed by atoms with Crippen molar-refractivity contribution in [1.29, 1.82) is 0 Å². The van der Waals surface area contributed by atoms with Crippen LogP contribution in [0.1, 0.15) is 26.3 Å². The number of benzene rings is 1. The number of nitrogens with zero attached hydrogens (tertiary/aromatic N) is 1. The van der Waals surface area contributed by atoms with Crippen LogP contribution in [0.5, 0.6) is 0 Å². The third-order valence-electron chi connectivity index (χ3n) is 3.28. The van der Waals surface area contributed by atoms with Gasteiger partial charge < -0.3 is 15.4 Å². The first kappa shape index (κ1) is 17.4. The van der Waals surface area contributed by atoms with Crippen LogP contribution in [0, 0.1) is 11.2 Å². The lowest BCUT2D eigenvalue weighted by Crippen LogP contribution is -2.45. The number of aliphatic imine (C=N–C) groups is 1. The fraction of sp³-hybridized carbons (Fsp3) is 0.562. The van der Waals surface area contributed by atoms with E-state index >= 15 is 0 Å². The summed E-state index contributed by atoms with van der Waals surface area (Å²) < 4.78 is 18.6. The molecule has 0 saturated carbocycles. The molecule has 0 saturated heterocycles. The predicted octanol–water partition coefficient (Wildman–Crippen LogP) is 2.55. The Morgan fingerprint density at radius 1 is 1.33 bits per heavy atom. The van der Waals surface area contributed by atoms with E-state index in [0.29, 0.717) is 19.0 Å². The van der Waals surface area contributed by atoms with Gasteiger partial charge in [0.15, 0.2) is 5.96 Å². The average Bonchev–Trinajstić information content (AvgIpc) is 2.41. The molecule has 0 fully saturated rings. The molecule has 1 rings (SSSR count). The number of hydrogen-bond acceptors (Lipinski definition) is 2. The maximum Gasteiger partial charge on any atom is 0.191 e. The first-order valence-corrected chi connectivity index (χ1v) is 7.08. The van der Waals surface area contributed by atoms with E-state index in [-0.39, 0.29) is 17.3 Å². The molecule has 0 aliphatic carbocycles. The minimum absolute atomic E-state index is 0.0448. The van der Waals surface area contributed by atoms with Crippen molar-refractivity contribution in [3.05, 3.63) is 35.6 Å². The van der Waals surface area contributed by atoms with Crippen molar-refractivity contribution in [1.82, 2.24) is 10.6 Å². The highest BCUT2D eigenvalue weighted by Gasteiger charge is 2.24. The number of rotatable bonds is 5. The van der Waals surface area contributed by atoms with E-state index in [1.807, 2.05) is 6.07 Å². The Balaban J connectivity index is 2.49. The fourth-order valence-corrected chi connectivity index (χ4v) is 1.99. The second-order valence-corrected chi connectivity index (χ2v) is 6.03. The Bertz CT molecular complexity index is 469. The van der Waals surface area contributed by atoms with Crippen molar-refractivity contribution in [2.24, 2.45) is 10.4 Å². The molecule has 0 radical (unpaired) electrons. The summed E-state index contributed by atoms with van der Waals surface area (Å²) in [6.45, 7) is 7.57. The molecule has 0 aromatic heterocycles. The van der Waals surface area contributed by atoms with Crippen LogP contribution < -0.4 is 10.6 Å². The topological polar surface area (TPSA) is 45.7 Å². The highest BCUT2D eigenvalue weighted by Crippen LogP contribution is 2.20. The summed E-state index contributed by atoms with van der Waals surface area (Å²) in [5.41, 5.74) is 0.917. The quantitative estimate of drug-likeness (QED) is 0.648. The summed E-state index contributed by atoms with van der Waals surface area (Å²) in [6, 6.07) is 6.51. The van der Waals surface area contributed by atoms with Crippen LogP contribution in [0.15, 0.2) is 29.3 Å². The van der Waals surface area contributed by atoms with Crippen LogP contribution >= 0.6 is 0 Å². The van der Waals surface area contributed by atoms with E-state index in [4.69, 9.17) is 4.74 Å². The normalized spacial score (nSPS) is 13.9. The minimum atomic E-state index is -0.232. The number of methoxy groups -OCH3 is 1. The molecule has 1 aromatic carbocycles. The molecule has 0 spiro atoms. The summed E-state index contributed by atoms with van der Waals surface area (Å²) in [7, 11) is 3.42. The van der Waals surface area contributed by atoms with Gasteiger partial charge in [-0.1, -0.05) is 32.9 Å². The van der Waals surface area contributed by atoms with Gasteiger partial charge >= 0.3 is 0 Å². The molecule has 0 heterocycles. The summed E-state index contributed by atoms with van der Waals surface area (Å²) in [6.07, 6.45) is 0.0743. The summed E-state index contributed by atoms with van der Waals surface area (Å²) in [4.78, 5) is 4.16. The van der Waals surface area contributed by atoms with Gasteiger partial charge in [0.05, 0.1) is 6.10 Å². The standard InChI is InChI=1S/C16H26FN3O/c1-16(2,3)14(21-5)11-20-15(18-4)19-10-12-7-6-8-13(17)9-12/h6-9,14H,10-11H2,1-5H3,(H2,18,19,20). The van der Waals surface area contributed by atoms with E-state index < -0.39 is 0 Å². The molecule has 5 heteroatoms. The highest BCUT2D eigenvalue weighted by molar-refractivity contribution is 5.79. The zero-order valence-corrected chi connectivity index (χ0v) is 13.5. The predicted molar refractivity (Wildman–Crippen MR) is 84.9 cm³/mol. The molecule has 0 bridgehead atoms. The Morgan fingerprint density at radius 3 is 2.57 bits per heavy atom. The van der Waals surface area contributed by atoms with Crippen LogP contribution in [0.25, 0.3) is 0 Å². The summed E-state index contributed by atoms with van der Waals surface area (Å²) in [5, 5.41) is 6.39. The van der Waals surface area contributed by atoms with Crippen molar-refractivity contribution >= 4 is 5.96 Å². The van der Waals surface area contributed by atoms with Crippen molar-refractivity contribution < 1.29 is 9.13 Å². The molecule has 0 aliphatic heterocycles. The zero-order chi connectivity index (χ0) is 15.9. The third-order valence-corrected chi connectivity index (χ3v) is 3.28. The maximum atomic E-state index is 13.1. The van der Waals surface area contributed by atoms with Gasteiger partial charge in [0, 0.05) is 27.2 Å². The molecule has 0 amide bonds. The molecular formula is C16H26FN3O. The number of hydrogen-bond donors (Lipinski definition) is 2. The molecule has 1 aromatic rings. The fourth-order valence-electron chi connectivity index (χ4n) is 1.99. The van der Waals surface area contributed by atoms with Crippen LogP contribution in [0.4, 0.5) is 4.39 Å². The van der Waals surface area contributed by atoms with Gasteiger partial charge in [0.2, 0.25) is 0 Å². The Morgan fingerprint density at radius 2 is 2.05 bits per heavy atom. The number of halogens is 1. The molecule has 4 nitrogen and oxygen atoms in total. The van der Waals surface area contributed by atoms with E-state index in [9.17, 15) is 4.39 Å². The van der Waals surface area contributed by atoms with Gasteiger partial charge in [0.25, 0.3) is 0 Å². The van der Waals surface area contributed by atoms with E-state index in [2.05, 4.69) is 36.4 Å². The Hall–Kier alpha value is -1.62. The molecule has 1 unspecified atom stereocenters. The van der Waals surface area contributed by atoms with Crippen LogP contribution in [-0.2, 0) is 11.3 Å². The maximum absolute atomic E-state index is 13.1. The van der Waals surface area contributed by atoms with Gasteiger partial charge in [-0.05, 0) is 23.1 Å². The SMILES string of the molecule is CN=C(NCc1cccc(F)c1)NCC(OC)C(C)(C)C. The Labute approximate surface area is 126 Å². The van der Waals surface area contributed by atoms with Gasteiger partial charge in [-0.15, -0.1) is 0 Å². The van der Waals surface area contributed by atoms with Crippen molar-refractivity contribution in [2.45, 2.75) is 33.4 Å². The van der Waals surface area contributed by atoms with Gasteiger partial charge in [-0.2, -0.15) is 0 Å². The lowest BCUT2D eigenvalue weighted by atomic mass is 9.89. The lowest BCUT2D eigenvalue weighted by Gasteiger charge is -2.30. The third kappa shape index (κ3) is 6.12. The van der Waals surface area contributed by atoms with Gasteiger partial charge in [-0.25, -0.2) is 4.39 Å². The monoisotopic (exact) mass is 295 g/mol. The van der Waals surface area contributed by atoms with Crippen LogP contribution in [0.3, 0.4) is 0 Å². The lowest BCUT2D eigenvalue weighted by molar-refractivity contribution is 0.0205. The molecule has 2 N–H and O–H groups in total. The van der Waals surface area contributed by atoms with Crippen molar-refractivity contribution in [3.63, 3.8) is 0 Å². The van der Waals surface area contributed by atoms with Crippen molar-refractivity contribution in [2.75, 3.05) is 20.7 Å². The molecule has 0 aliphatic rings. The number of nitrogens with one attached hydrogen (secondary N) is 2. The first-order chi connectivity index (χ1) is 9.86. The summed E-state index contributed by atoms with van der Waals surface area (Å²) >= 11 is 0. The van der Waals surface area contributed by atoms with Gasteiger partial charge in [0.1, 0.15) is 5.82 Å². The molecular weight excluding hydrogens is 269 g/mol. The number of ether oxygens (including phenoxy) is 1. The second-order valence-electron chi connectivity index (χ2n) is 6.03. The van der Waals surface area contributed by atoms with Gasteiger partial charge in [-0.3, -0.25) is 4.99 Å². The van der Waals surface area contributed by atoms with Crippen molar-refractivity contribution in [3.8, 4) is 0 Å². The minimum Gasteiger partial charge on any atom is -0.379 e. The second kappa shape index (κ2) is 7.98.